The molecule has 4 amide bonds. The van der Waals surface area contributed by atoms with Crippen LogP contribution in [0, 0.1) is 6.92 Å². The zero-order valence-corrected chi connectivity index (χ0v) is 24.0. The van der Waals surface area contributed by atoms with E-state index in [0.717, 1.165) is 23.2 Å². The number of piperidine rings is 1. The second-order valence-corrected chi connectivity index (χ2v) is 11.2. The van der Waals surface area contributed by atoms with Crippen LogP contribution >= 0.6 is 0 Å². The predicted octanol–water partition coefficient (Wildman–Crippen LogP) is 3.22. The van der Waals surface area contributed by atoms with E-state index in [4.69, 9.17) is 9.47 Å². The Balaban J connectivity index is 1.26. The highest BCUT2D eigenvalue weighted by Gasteiger charge is 2.35. The summed E-state index contributed by atoms with van der Waals surface area (Å²) in [5.41, 5.74) is 3.29. The molecule has 0 aliphatic carbocycles. The lowest BCUT2D eigenvalue weighted by molar-refractivity contribution is -0.123. The summed E-state index contributed by atoms with van der Waals surface area (Å²) >= 11 is 0. The molecule has 43 heavy (non-hydrogen) atoms. The van der Waals surface area contributed by atoms with Crippen molar-refractivity contribution in [3.8, 4) is 11.5 Å². The van der Waals surface area contributed by atoms with Crippen LogP contribution in [0.5, 0.6) is 11.5 Å². The number of fused-ring (bicyclic) bond motifs is 7. The minimum atomic E-state index is -0.502. The molecule has 3 aromatic carbocycles. The van der Waals surface area contributed by atoms with Gasteiger partial charge in [-0.15, -0.1) is 0 Å². The first-order chi connectivity index (χ1) is 20.8. The molecule has 2 fully saturated rings. The first-order valence-corrected chi connectivity index (χ1v) is 14.6. The van der Waals surface area contributed by atoms with E-state index >= 15 is 0 Å². The Bertz CT molecular complexity index is 1560. The summed E-state index contributed by atoms with van der Waals surface area (Å²) < 4.78 is 12.1. The van der Waals surface area contributed by atoms with Gasteiger partial charge in [0.05, 0.1) is 6.04 Å². The monoisotopic (exact) mass is 582 g/mol. The molecule has 3 aromatic rings. The summed E-state index contributed by atoms with van der Waals surface area (Å²) in [5.74, 6) is 0.362. The van der Waals surface area contributed by atoms with Crippen LogP contribution in [0.25, 0.3) is 0 Å². The molecular formula is C33H34N4O6. The zero-order valence-electron chi connectivity index (χ0n) is 24.0. The van der Waals surface area contributed by atoms with Gasteiger partial charge in [-0.05, 0) is 66.9 Å². The normalized spacial score (nSPS) is 20.8. The number of likely N-dealkylation sites (tertiary alicyclic amines) is 1. The maximum Gasteiger partial charge on any atom is 0.258 e. The number of hydrogen-bond donors (Lipinski definition) is 2. The maximum absolute atomic E-state index is 13.7. The summed E-state index contributed by atoms with van der Waals surface area (Å²) in [6.07, 6.45) is 1.43. The molecule has 2 N–H and O–H groups in total. The fraction of sp³-hybridized carbons (Fsp3) is 0.333. The highest BCUT2D eigenvalue weighted by molar-refractivity contribution is 5.99. The van der Waals surface area contributed by atoms with Crippen molar-refractivity contribution in [1.82, 2.24) is 15.5 Å². The van der Waals surface area contributed by atoms with E-state index in [9.17, 15) is 19.2 Å². The van der Waals surface area contributed by atoms with E-state index in [0.29, 0.717) is 55.1 Å². The van der Waals surface area contributed by atoms with Crippen LogP contribution in [0.2, 0.25) is 0 Å². The fourth-order valence-corrected chi connectivity index (χ4v) is 5.71. The maximum atomic E-state index is 13.7. The molecule has 10 nitrogen and oxygen atoms in total. The van der Waals surface area contributed by atoms with E-state index < -0.39 is 6.04 Å². The molecule has 0 aromatic heterocycles. The zero-order chi connectivity index (χ0) is 29.9. The van der Waals surface area contributed by atoms with Crippen molar-refractivity contribution in [1.29, 1.82) is 0 Å². The van der Waals surface area contributed by atoms with Crippen LogP contribution in [-0.4, -0.2) is 66.9 Å². The molecule has 4 heterocycles. The van der Waals surface area contributed by atoms with Crippen LogP contribution in [0.15, 0.2) is 66.7 Å². The molecule has 7 rings (SSSR count). The molecule has 0 saturated carbocycles. The summed E-state index contributed by atoms with van der Waals surface area (Å²) in [4.78, 5) is 55.3. The standard InChI is InChI=1S/C33H34N4O6/c1-21-7-10-23-17-29(21)42-20-30(38)34-18-22-8-11-26(12-9-22)43-28-13-15-36(19-27(28)35-32(23)40)33(41)24-4-2-5-25(16-24)37-14-3-6-31(37)39/h2,4-5,7-12,16-17,27-28H,3,6,13-15,18-20H2,1H3,(H,34,38)(H,35,40)/t27-,28-/m0/s1. The van der Waals surface area contributed by atoms with Crippen LogP contribution in [-0.2, 0) is 16.1 Å². The van der Waals surface area contributed by atoms with Gasteiger partial charge >= 0.3 is 0 Å². The molecule has 222 valence electrons. The molecule has 2 atom stereocenters. The van der Waals surface area contributed by atoms with Crippen molar-refractivity contribution in [2.24, 2.45) is 0 Å². The van der Waals surface area contributed by atoms with Crippen molar-refractivity contribution in [3.05, 3.63) is 89.0 Å². The number of nitrogens with one attached hydrogen (secondary N) is 2. The van der Waals surface area contributed by atoms with Crippen molar-refractivity contribution in [3.63, 3.8) is 0 Å². The lowest BCUT2D eigenvalue weighted by Gasteiger charge is -2.39. The van der Waals surface area contributed by atoms with E-state index in [-0.39, 0.29) is 42.9 Å². The minimum Gasteiger partial charge on any atom is -0.488 e. The Labute approximate surface area is 249 Å². The Kier molecular flexibility index (Phi) is 8.00. The Morgan fingerprint density at radius 1 is 0.977 bits per heavy atom. The van der Waals surface area contributed by atoms with Gasteiger partial charge in [0.2, 0.25) is 5.91 Å². The highest BCUT2D eigenvalue weighted by atomic mass is 16.5. The van der Waals surface area contributed by atoms with Gasteiger partial charge in [0, 0.05) is 55.8 Å². The van der Waals surface area contributed by atoms with E-state index in [1.54, 1.807) is 46.2 Å². The largest absolute Gasteiger partial charge is 0.488 e. The van der Waals surface area contributed by atoms with Gasteiger partial charge in [-0.1, -0.05) is 24.3 Å². The number of nitrogens with zero attached hydrogens (tertiary/aromatic N) is 2. The average Bonchev–Trinajstić information content (AvgIpc) is 3.46. The van der Waals surface area contributed by atoms with Gasteiger partial charge in [0.15, 0.2) is 6.61 Å². The van der Waals surface area contributed by atoms with Crippen LogP contribution in [0.4, 0.5) is 5.69 Å². The summed E-state index contributed by atoms with van der Waals surface area (Å²) in [6, 6.07) is 19.2. The molecular weight excluding hydrogens is 548 g/mol. The minimum absolute atomic E-state index is 0.0625. The Morgan fingerprint density at radius 2 is 1.81 bits per heavy atom. The van der Waals surface area contributed by atoms with E-state index in [1.807, 2.05) is 37.3 Å². The van der Waals surface area contributed by atoms with Crippen LogP contribution in [0.1, 0.15) is 51.1 Å². The highest BCUT2D eigenvalue weighted by Crippen LogP contribution is 2.26. The van der Waals surface area contributed by atoms with E-state index in [1.165, 1.54) is 0 Å². The summed E-state index contributed by atoms with van der Waals surface area (Å²) in [7, 11) is 0. The van der Waals surface area contributed by atoms with Crippen molar-refractivity contribution in [2.75, 3.05) is 31.1 Å². The molecule has 4 aliphatic rings. The lowest BCUT2D eigenvalue weighted by Crippen LogP contribution is -2.58. The number of carbonyl (C=O) groups is 4. The summed E-state index contributed by atoms with van der Waals surface area (Å²) in [6.45, 7) is 3.34. The van der Waals surface area contributed by atoms with E-state index in [2.05, 4.69) is 10.6 Å². The van der Waals surface area contributed by atoms with Gasteiger partial charge in [-0.25, -0.2) is 0 Å². The van der Waals surface area contributed by atoms with Gasteiger partial charge in [0.25, 0.3) is 17.7 Å². The molecule has 10 heteroatoms. The number of rotatable bonds is 2. The molecule has 2 saturated heterocycles. The number of aryl methyl sites for hydroxylation is 1. The van der Waals surface area contributed by atoms with Crippen LogP contribution < -0.4 is 25.0 Å². The lowest BCUT2D eigenvalue weighted by atomic mass is 9.99. The van der Waals surface area contributed by atoms with Gasteiger partial charge in [-0.3, -0.25) is 19.2 Å². The third kappa shape index (κ3) is 6.33. The van der Waals surface area contributed by atoms with Crippen molar-refractivity contribution < 1.29 is 28.7 Å². The quantitative estimate of drug-likeness (QED) is 0.479. The molecule has 0 spiro atoms. The third-order valence-corrected chi connectivity index (χ3v) is 8.14. The number of ether oxygens (including phenoxy) is 2. The molecule has 0 radical (unpaired) electrons. The Morgan fingerprint density at radius 3 is 2.60 bits per heavy atom. The number of carbonyl (C=O) groups excluding carboxylic acids is 4. The second kappa shape index (κ2) is 12.2. The number of amides is 4. The number of anilines is 1. The summed E-state index contributed by atoms with van der Waals surface area (Å²) in [5, 5.41) is 5.94. The van der Waals surface area contributed by atoms with Gasteiger partial charge < -0.3 is 29.9 Å². The van der Waals surface area contributed by atoms with Gasteiger partial charge in [-0.2, -0.15) is 0 Å². The molecule has 4 bridgehead atoms. The van der Waals surface area contributed by atoms with Crippen LogP contribution in [0.3, 0.4) is 0 Å². The number of benzene rings is 3. The Hall–Kier alpha value is -4.86. The van der Waals surface area contributed by atoms with Crippen molar-refractivity contribution in [2.45, 2.75) is 44.9 Å². The molecule has 4 aliphatic heterocycles. The SMILES string of the molecule is Cc1ccc2cc1OCC(=O)NCc1ccc(cc1)O[C@H]1CCN(C(=O)c3cccc(N4CCCC4=O)c3)C[C@@H]1NC2=O. The van der Waals surface area contributed by atoms with Crippen molar-refractivity contribution >= 4 is 29.3 Å². The second-order valence-electron chi connectivity index (χ2n) is 11.2. The van der Waals surface area contributed by atoms with Gasteiger partial charge in [0.1, 0.15) is 17.6 Å². The molecule has 0 unspecified atom stereocenters. The smallest absolute Gasteiger partial charge is 0.258 e. The fourth-order valence-electron chi connectivity index (χ4n) is 5.71. The number of hydrogen-bond acceptors (Lipinski definition) is 6. The average molecular weight is 583 g/mol. The third-order valence-electron chi connectivity index (χ3n) is 8.14. The topological polar surface area (TPSA) is 117 Å². The first-order valence-electron chi connectivity index (χ1n) is 14.6. The first kappa shape index (κ1) is 28.3. The predicted molar refractivity (Wildman–Crippen MR) is 159 cm³/mol.